The Morgan fingerprint density at radius 2 is 2.20 bits per heavy atom. The third-order valence-corrected chi connectivity index (χ3v) is 5.29. The number of ketones is 1. The summed E-state index contributed by atoms with van der Waals surface area (Å²) in [5.74, 6) is 1.06. The Balaban J connectivity index is 1.95. The van der Waals surface area contributed by atoms with E-state index in [-0.39, 0.29) is 11.3 Å². The number of H-pyrrole nitrogens is 1. The second kappa shape index (κ2) is 6.48. The SMILES string of the molecule is CCSc1nc2c(c(=O)[nH]1)[C@H](c1cccnc1)C1=C(CCCC1=O)N2. The van der Waals surface area contributed by atoms with Gasteiger partial charge in [-0.1, -0.05) is 24.8 Å². The standard InChI is InChI=1S/C18H18N4O2S/c1-2-25-18-21-16-15(17(24)22-18)13(10-5-4-8-19-9-10)14-11(20-16)6-3-7-12(14)23/h4-5,8-9,13H,2-3,6-7H2,1H3,(H2,20,21,22,24)/t13-/m1/s1. The predicted molar refractivity (Wildman–Crippen MR) is 96.8 cm³/mol. The third-order valence-electron chi connectivity index (χ3n) is 4.54. The van der Waals surface area contributed by atoms with Gasteiger partial charge in [0, 0.05) is 36.0 Å². The topological polar surface area (TPSA) is 87.7 Å². The molecule has 2 aromatic heterocycles. The summed E-state index contributed by atoms with van der Waals surface area (Å²) in [4.78, 5) is 37.1. The van der Waals surface area contributed by atoms with Gasteiger partial charge in [0.15, 0.2) is 10.9 Å². The number of aromatic nitrogens is 3. The lowest BCUT2D eigenvalue weighted by Crippen LogP contribution is -2.32. The Hall–Kier alpha value is -2.41. The first kappa shape index (κ1) is 16.1. The molecule has 1 atom stereocenters. The van der Waals surface area contributed by atoms with Gasteiger partial charge in [0.1, 0.15) is 5.82 Å². The number of carbonyl (C=O) groups excluding carboxylic acids is 1. The number of nitrogens with zero attached hydrogens (tertiary/aromatic N) is 2. The molecule has 1 aliphatic carbocycles. The quantitative estimate of drug-likeness (QED) is 0.651. The zero-order chi connectivity index (χ0) is 17.4. The van der Waals surface area contributed by atoms with Crippen LogP contribution < -0.4 is 10.9 Å². The molecule has 0 fully saturated rings. The van der Waals surface area contributed by atoms with Crippen molar-refractivity contribution in [3.63, 3.8) is 0 Å². The molecule has 25 heavy (non-hydrogen) atoms. The zero-order valence-electron chi connectivity index (χ0n) is 13.8. The molecular weight excluding hydrogens is 336 g/mol. The van der Waals surface area contributed by atoms with Gasteiger partial charge >= 0.3 is 0 Å². The molecule has 4 rings (SSSR count). The number of pyridine rings is 1. The fraction of sp³-hybridized carbons (Fsp3) is 0.333. The van der Waals surface area contributed by atoms with Crippen molar-refractivity contribution in [1.29, 1.82) is 0 Å². The van der Waals surface area contributed by atoms with Crippen molar-refractivity contribution >= 4 is 23.4 Å². The maximum Gasteiger partial charge on any atom is 0.257 e. The Kier molecular flexibility index (Phi) is 4.17. The van der Waals surface area contributed by atoms with Gasteiger partial charge in [-0.25, -0.2) is 4.98 Å². The molecule has 2 aromatic rings. The summed E-state index contributed by atoms with van der Waals surface area (Å²) in [6.45, 7) is 2.01. The Morgan fingerprint density at radius 1 is 1.32 bits per heavy atom. The van der Waals surface area contributed by atoms with E-state index in [2.05, 4.69) is 20.3 Å². The molecular formula is C18H18N4O2S. The lowest BCUT2D eigenvalue weighted by Gasteiger charge is -2.32. The average Bonchev–Trinajstić information content (AvgIpc) is 2.61. The van der Waals surface area contributed by atoms with Crippen molar-refractivity contribution in [3.8, 4) is 0 Å². The molecule has 0 saturated carbocycles. The van der Waals surface area contributed by atoms with E-state index in [0.717, 1.165) is 29.9 Å². The van der Waals surface area contributed by atoms with Gasteiger partial charge in [-0.15, -0.1) is 0 Å². The molecule has 128 valence electrons. The van der Waals surface area contributed by atoms with Crippen molar-refractivity contribution < 1.29 is 4.79 Å². The smallest absolute Gasteiger partial charge is 0.257 e. The van der Waals surface area contributed by atoms with Crippen molar-refractivity contribution in [2.24, 2.45) is 0 Å². The number of anilines is 1. The van der Waals surface area contributed by atoms with E-state index in [1.807, 2.05) is 19.1 Å². The fourth-order valence-electron chi connectivity index (χ4n) is 3.53. The molecule has 0 aromatic carbocycles. The van der Waals surface area contributed by atoms with E-state index < -0.39 is 5.92 Å². The van der Waals surface area contributed by atoms with Crippen LogP contribution in [0.25, 0.3) is 0 Å². The maximum atomic E-state index is 12.8. The van der Waals surface area contributed by atoms with Crippen LogP contribution in [0, 0.1) is 0 Å². The molecule has 6 nitrogen and oxygen atoms in total. The number of nitrogens with one attached hydrogen (secondary N) is 2. The summed E-state index contributed by atoms with van der Waals surface area (Å²) in [6.07, 6.45) is 5.54. The minimum Gasteiger partial charge on any atom is -0.343 e. The van der Waals surface area contributed by atoms with Crippen molar-refractivity contribution in [2.75, 3.05) is 11.1 Å². The number of fused-ring (bicyclic) bond motifs is 1. The zero-order valence-corrected chi connectivity index (χ0v) is 14.7. The van der Waals surface area contributed by atoms with Gasteiger partial charge in [-0.3, -0.25) is 14.6 Å². The number of Topliss-reactive ketones (excluding diaryl/α,β-unsaturated/α-hetero) is 1. The highest BCUT2D eigenvalue weighted by molar-refractivity contribution is 7.99. The highest BCUT2D eigenvalue weighted by Crippen LogP contribution is 2.43. The van der Waals surface area contributed by atoms with Gasteiger partial charge < -0.3 is 10.3 Å². The van der Waals surface area contributed by atoms with E-state index in [1.54, 1.807) is 12.4 Å². The van der Waals surface area contributed by atoms with E-state index in [9.17, 15) is 9.59 Å². The van der Waals surface area contributed by atoms with Crippen LogP contribution in [0.5, 0.6) is 0 Å². The summed E-state index contributed by atoms with van der Waals surface area (Å²) in [7, 11) is 0. The van der Waals surface area contributed by atoms with Gasteiger partial charge in [0.25, 0.3) is 5.56 Å². The lowest BCUT2D eigenvalue weighted by molar-refractivity contribution is -0.116. The van der Waals surface area contributed by atoms with Gasteiger partial charge in [-0.05, 0) is 30.2 Å². The van der Waals surface area contributed by atoms with Crippen molar-refractivity contribution in [3.05, 3.63) is 57.3 Å². The number of thioether (sulfide) groups is 1. The molecule has 0 amide bonds. The summed E-state index contributed by atoms with van der Waals surface area (Å²) in [6, 6.07) is 3.74. The number of hydrogen-bond acceptors (Lipinski definition) is 6. The summed E-state index contributed by atoms with van der Waals surface area (Å²) in [5.41, 5.74) is 2.73. The van der Waals surface area contributed by atoms with Crippen LogP contribution in [-0.4, -0.2) is 26.5 Å². The molecule has 3 heterocycles. The van der Waals surface area contributed by atoms with Crippen molar-refractivity contribution in [2.45, 2.75) is 37.3 Å². The average molecular weight is 354 g/mol. The Bertz CT molecular complexity index is 920. The van der Waals surface area contributed by atoms with E-state index in [4.69, 9.17) is 0 Å². The first-order chi connectivity index (χ1) is 12.2. The normalized spacial score (nSPS) is 19.2. The number of carbonyl (C=O) groups is 1. The van der Waals surface area contributed by atoms with Crippen LogP contribution >= 0.6 is 11.8 Å². The van der Waals surface area contributed by atoms with Gasteiger partial charge in [-0.2, -0.15) is 0 Å². The van der Waals surface area contributed by atoms with E-state index >= 15 is 0 Å². The molecule has 0 bridgehead atoms. The van der Waals surface area contributed by atoms with Gasteiger partial charge in [0.05, 0.1) is 5.56 Å². The molecule has 0 saturated heterocycles. The van der Waals surface area contributed by atoms with Crippen LogP contribution in [0.3, 0.4) is 0 Å². The Morgan fingerprint density at radius 3 is 2.96 bits per heavy atom. The Labute approximate surface area is 149 Å². The predicted octanol–water partition coefficient (Wildman–Crippen LogP) is 2.84. The monoisotopic (exact) mass is 354 g/mol. The first-order valence-corrected chi connectivity index (χ1v) is 9.37. The third kappa shape index (κ3) is 2.78. The highest BCUT2D eigenvalue weighted by Gasteiger charge is 2.37. The minimum absolute atomic E-state index is 0.0969. The van der Waals surface area contributed by atoms with Crippen LogP contribution in [0.4, 0.5) is 5.82 Å². The van der Waals surface area contributed by atoms with Crippen LogP contribution in [-0.2, 0) is 4.79 Å². The van der Waals surface area contributed by atoms with Crippen LogP contribution in [0.15, 0.2) is 45.7 Å². The van der Waals surface area contributed by atoms with E-state index in [1.165, 1.54) is 11.8 Å². The largest absolute Gasteiger partial charge is 0.343 e. The highest BCUT2D eigenvalue weighted by atomic mass is 32.2. The first-order valence-electron chi connectivity index (χ1n) is 8.39. The molecule has 0 radical (unpaired) electrons. The minimum atomic E-state index is -0.412. The molecule has 2 aliphatic rings. The number of rotatable bonds is 3. The summed E-state index contributed by atoms with van der Waals surface area (Å²) in [5, 5.41) is 3.86. The second-order valence-electron chi connectivity index (χ2n) is 6.08. The fourth-order valence-corrected chi connectivity index (χ4v) is 4.12. The lowest BCUT2D eigenvalue weighted by atomic mass is 9.77. The number of hydrogen-bond donors (Lipinski definition) is 2. The summed E-state index contributed by atoms with van der Waals surface area (Å²) < 4.78 is 0. The molecule has 2 N–H and O–H groups in total. The van der Waals surface area contributed by atoms with Crippen molar-refractivity contribution in [1.82, 2.24) is 15.0 Å². The van der Waals surface area contributed by atoms with Gasteiger partial charge in [0.2, 0.25) is 0 Å². The second-order valence-corrected chi connectivity index (χ2v) is 7.33. The van der Waals surface area contributed by atoms with E-state index in [0.29, 0.717) is 28.5 Å². The molecule has 1 aliphatic heterocycles. The molecule has 0 unspecified atom stereocenters. The summed E-state index contributed by atoms with van der Waals surface area (Å²) >= 11 is 1.49. The maximum absolute atomic E-state index is 12.8. The molecule has 0 spiro atoms. The molecule has 7 heteroatoms. The van der Waals surface area contributed by atoms with Crippen LogP contribution in [0.1, 0.15) is 43.2 Å². The van der Waals surface area contributed by atoms with Crippen LogP contribution in [0.2, 0.25) is 0 Å². The number of aromatic amines is 1. The number of allylic oxidation sites excluding steroid dienone is 2.